The van der Waals surface area contributed by atoms with Gasteiger partial charge in [0.2, 0.25) is 5.79 Å². The maximum Gasteiger partial charge on any atom is 2.00 e. The van der Waals surface area contributed by atoms with Gasteiger partial charge in [0.25, 0.3) is 0 Å². The average molecular weight is 2190 g/mol. The zero-order valence-electron chi connectivity index (χ0n) is 77.1. The number of hydrogen-bond acceptors (Lipinski definition) is 68. The van der Waals surface area contributed by atoms with E-state index in [9.17, 15) is 157 Å². The Bertz CT molecular complexity index is 3450. The molecule has 0 aromatic heterocycles. The molecule has 0 aromatic carbocycles. The molecule has 71 nitrogen and oxygen atoms in total. The van der Waals surface area contributed by atoms with Crippen LogP contribution in [0.25, 0.3) is 0 Å². The molecule has 47 atom stereocenters. The Kier molecular flexibility index (Phi) is 63.5. The van der Waals surface area contributed by atoms with Crippen molar-refractivity contribution in [3.63, 3.8) is 0 Å². The van der Waals surface area contributed by atoms with Crippen molar-refractivity contribution in [3.05, 3.63) is 0 Å². The molecule has 0 amide bonds. The molecule has 0 radical (unpaired) electrons. The number of carbonyl (C=O) groups excluding carboxylic acids is 2. The number of carboxylic acid groups (broad SMARTS) is 3. The number of aliphatic carboxylic acids is 3. The van der Waals surface area contributed by atoms with E-state index in [2.05, 4.69) is 10.3 Å². The Morgan fingerprint density at radius 1 is 0.377 bits per heavy atom. The first-order chi connectivity index (χ1) is 66.6. The van der Waals surface area contributed by atoms with Gasteiger partial charge in [-0.25, -0.2) is 4.79 Å². The van der Waals surface area contributed by atoms with Gasteiger partial charge in [0, 0.05) is 14.2 Å². The van der Waals surface area contributed by atoms with Gasteiger partial charge in [0.05, 0.1) is 128 Å². The second-order valence-electron chi connectivity index (χ2n) is 33.3. The molecular formula is C74H140MgN2O69. The molecule has 1 saturated carbocycles. The summed E-state index contributed by atoms with van der Waals surface area (Å²) in [7, 11) is 2.43. The van der Waals surface area contributed by atoms with Crippen molar-refractivity contribution >= 4 is 46.8 Å². The molecule has 8 saturated heterocycles. The van der Waals surface area contributed by atoms with Crippen LogP contribution in [-0.4, -0.2) is 721 Å². The first-order valence-corrected chi connectivity index (χ1v) is 42.7. The van der Waals surface area contributed by atoms with E-state index in [1.165, 1.54) is 14.2 Å². The van der Waals surface area contributed by atoms with Crippen LogP contribution in [0.1, 0.15) is 6.92 Å². The Balaban J connectivity index is 0.00000167. The smallest absolute Gasteiger partial charge is 0.547 e. The number of aliphatic hydroxyl groups is 47. The van der Waals surface area contributed by atoms with Crippen LogP contribution in [0.4, 0.5) is 0 Å². The van der Waals surface area contributed by atoms with Crippen LogP contribution in [0.2, 0.25) is 0 Å². The number of methoxy groups -OCH3 is 2. The van der Waals surface area contributed by atoms with E-state index >= 15 is 0 Å². The number of aliphatic hydroxyl groups excluding tert-OH is 47. The number of carboxylic acids is 3. The molecule has 10 aliphatic rings. The second kappa shape index (κ2) is 65.2. The Labute approximate surface area is 838 Å². The summed E-state index contributed by atoms with van der Waals surface area (Å²) < 4.78 is 71.8. The van der Waals surface area contributed by atoms with Crippen LogP contribution in [0.15, 0.2) is 4.99 Å². The normalized spacial score (nSPS) is 43.1. The van der Waals surface area contributed by atoms with E-state index in [0.717, 1.165) is 0 Å². The number of amidine groups is 1. The monoisotopic (exact) mass is 2180 g/mol. The van der Waals surface area contributed by atoms with Gasteiger partial charge in [-0.1, -0.05) is 0 Å². The van der Waals surface area contributed by atoms with E-state index in [-0.39, 0.29) is 40.5 Å². The molecule has 0 aromatic rings. The first kappa shape index (κ1) is 142. The zero-order chi connectivity index (χ0) is 110. The van der Waals surface area contributed by atoms with E-state index in [1.54, 1.807) is 6.92 Å². The number of ether oxygens (including phenoxy) is 14. The number of aliphatic imine (C=N–C) groups is 1. The van der Waals surface area contributed by atoms with Gasteiger partial charge >= 0.3 is 29.0 Å². The maximum atomic E-state index is 10.4. The SMILES string of the molecule is CC1=NC[C@H](O)[C@@H](C(=O)O)N1.CO[C@H]1O[C@@H](O[C@@H]2[C@@H](OC)O[C@H](O)[C@H](O)[C@H]2O)[C@H](O)[C@@H](O)[C@H]1O.O.O.O=C([O-])[C@H](O)[C@@H](O)[C@H](O)[C@H](O)CO.O=C([O-])[C@H](O)[C@@H](O)[C@H](O)[C@H](O)CO.OC1C(O)C(O)C(O)C(O)C1O.OCC1O[C@H](O[C@]2(CO)CO[C@@H](O)C(CO)[C@@H]2O)C(O)[C@H](O)[C@@H]1O.OCC1O[C@H](O[C@]2(CO)CO[C@@H](O)C(CO)[C@@H]2O)C(O)[C@H](O)[C@@H]1O.OCC1O[C@H](O[C@]2(CO)O[C@H](CO)C(O)[C@H]2O)C(O)[C@H](O)[C@@H]1O.[Mg+2]. The molecule has 53 N–H and O–H groups in total. The molecule has 9 aliphatic heterocycles. The molecule has 0 spiro atoms. The summed E-state index contributed by atoms with van der Waals surface area (Å²) >= 11 is 0. The van der Waals surface area contributed by atoms with Gasteiger partial charge in [-0.3, -0.25) is 4.99 Å². The maximum absolute atomic E-state index is 10.4. The van der Waals surface area contributed by atoms with Gasteiger partial charge in [0.15, 0.2) is 62.7 Å². The Hall–Kier alpha value is -3.87. The largest absolute Gasteiger partial charge is 2.00 e. The molecule has 9 heterocycles. The third-order valence-electron chi connectivity index (χ3n) is 23.5. The number of carbonyl (C=O) groups is 3. The number of rotatable bonds is 30. The minimum absolute atomic E-state index is 0. The average Bonchev–Trinajstić information content (AvgIpc) is 1.05. The van der Waals surface area contributed by atoms with Crippen LogP contribution < -0.4 is 15.5 Å². The van der Waals surface area contributed by atoms with Crippen LogP contribution in [0, 0.1) is 11.8 Å². The van der Waals surface area contributed by atoms with Crippen molar-refractivity contribution in [2.75, 3.05) is 107 Å². The van der Waals surface area contributed by atoms with Gasteiger partial charge in [-0.15, -0.1) is 0 Å². The number of hydrogen-bond donors (Lipinski definition) is 49. The summed E-state index contributed by atoms with van der Waals surface area (Å²) in [5.74, 6) is -9.03. The van der Waals surface area contributed by atoms with Crippen molar-refractivity contribution < 1.29 is 347 Å². The van der Waals surface area contributed by atoms with Crippen LogP contribution in [0.5, 0.6) is 0 Å². The van der Waals surface area contributed by atoms with Crippen LogP contribution >= 0.6 is 0 Å². The summed E-state index contributed by atoms with van der Waals surface area (Å²) in [5.41, 5.74) is -3.72. The van der Waals surface area contributed by atoms with Gasteiger partial charge < -0.3 is 348 Å². The topological polar surface area (TPSA) is 1280 Å². The van der Waals surface area contributed by atoms with Crippen LogP contribution in [0.3, 0.4) is 0 Å². The zero-order valence-corrected chi connectivity index (χ0v) is 78.6. The van der Waals surface area contributed by atoms with Crippen molar-refractivity contribution in [1.29, 1.82) is 0 Å². The standard InChI is InChI=1S/2C13H24O11.2C12H22O11.C6H10N2O3.2C6H12O7.C6H12O6.Mg.2H2O/c2*14-1-5-10(20)13(3-16,4-22-11(5)21)24-12-9(19)8(18)7(17)6(2-15)23-12;1-19-10-6(16)3(13)7(17)11(23-10)21-8-4(14)5(15)9(18)22-12(8)20-2;13-1-4-6(16)8(18)9(19)11(21-4)23-12(3-15)10(20)7(17)5(2-14)22-12;1-3-7-2-4(9)5(8-3)6(10)11;2*7-1-2(8)3(9)4(10)5(11)6(12)13;7-1-2(8)4(10)6(12)5(11)3(1)9;;;/h2*5-12,14-21H,1-4H2;3-18H,1-2H3;4-11,13-20H,1-3H2;4-5,9H,2H2,1H3,(H,7,8)(H,10,11);2*2-5,7-11H,1H2,(H,12,13);1-12H;;2*1H2/q;;;;;;;;+2;;/p-2/t2*5?,6?,7-,8-,9?,10+,11-,12-,13-;3-,4+,5+,6+,7+,8-,9-,10-,11+,12-;4?,5-,6-,7?,8-,9?,10-,11-,12+;4-,5-;2*2-,3-,4+,5-;;;;/m1101011..../s1. The molecule has 9 fully saturated rings. The summed E-state index contributed by atoms with van der Waals surface area (Å²) in [6, 6.07) is -0.910. The van der Waals surface area contributed by atoms with Crippen molar-refractivity contribution in [3.8, 4) is 0 Å². The Morgan fingerprint density at radius 3 is 0.986 bits per heavy atom. The number of nitrogens with zero attached hydrogens (tertiary/aromatic N) is 1. The fraction of sp³-hybridized carbons (Fsp3) is 0.946. The second-order valence-corrected chi connectivity index (χ2v) is 33.3. The predicted octanol–water partition coefficient (Wildman–Crippen LogP) is -36.6. The summed E-state index contributed by atoms with van der Waals surface area (Å²) in [4.78, 5) is 34.2. The molecule has 862 valence electrons. The molecule has 0 bridgehead atoms. The van der Waals surface area contributed by atoms with E-state index < -0.39 is 427 Å². The molecule has 10 rings (SSSR count). The Morgan fingerprint density at radius 2 is 0.699 bits per heavy atom. The number of nitrogens with one attached hydrogen (secondary N) is 1. The molecule has 72 heteroatoms. The molecule has 1 aliphatic carbocycles. The van der Waals surface area contributed by atoms with Gasteiger partial charge in [-0.05, 0) is 6.92 Å². The summed E-state index contributed by atoms with van der Waals surface area (Å²) in [5, 5.41) is 471. The molecule has 9 unspecified atom stereocenters. The fourth-order valence-corrected chi connectivity index (χ4v) is 14.2. The van der Waals surface area contributed by atoms with Crippen LogP contribution in [-0.2, 0) is 80.7 Å². The van der Waals surface area contributed by atoms with Gasteiger partial charge in [-0.2, -0.15) is 0 Å². The third kappa shape index (κ3) is 35.6. The van der Waals surface area contributed by atoms with E-state index in [4.69, 9.17) is 179 Å². The summed E-state index contributed by atoms with van der Waals surface area (Å²) in [6.07, 6.45) is -76.6. The van der Waals surface area contributed by atoms with E-state index in [1.807, 2.05) is 0 Å². The van der Waals surface area contributed by atoms with Crippen molar-refractivity contribution in [2.24, 2.45) is 16.8 Å². The molecular weight excluding hydrogens is 2050 g/mol. The summed E-state index contributed by atoms with van der Waals surface area (Å²) in [6.45, 7) is -7.50. The van der Waals surface area contributed by atoms with Crippen molar-refractivity contribution in [2.45, 2.75) is 319 Å². The third-order valence-corrected chi connectivity index (χ3v) is 23.5. The van der Waals surface area contributed by atoms with Crippen molar-refractivity contribution in [1.82, 2.24) is 5.32 Å². The van der Waals surface area contributed by atoms with E-state index in [0.29, 0.717) is 5.84 Å². The first-order valence-electron chi connectivity index (χ1n) is 42.7. The minimum Gasteiger partial charge on any atom is -0.547 e. The quantitative estimate of drug-likeness (QED) is 0.0297. The van der Waals surface area contributed by atoms with Gasteiger partial charge in [0.1, 0.15) is 238 Å². The minimum atomic E-state index is -2.31. The molecule has 146 heavy (non-hydrogen) atoms. The fourth-order valence-electron chi connectivity index (χ4n) is 14.2. The predicted molar refractivity (Wildman–Crippen MR) is 443 cm³/mol.